The van der Waals surface area contributed by atoms with Crippen LogP contribution in [0.5, 0.6) is 0 Å². The smallest absolute Gasteiger partial charge is 0.335 e. The maximum absolute atomic E-state index is 11.9. The van der Waals surface area contributed by atoms with Crippen LogP contribution in [-0.4, -0.2) is 19.5 Å². The highest BCUT2D eigenvalue weighted by Crippen LogP contribution is 2.11. The second-order valence-electron chi connectivity index (χ2n) is 4.16. The molecule has 7 heteroatoms. The summed E-state index contributed by atoms with van der Waals surface area (Å²) < 4.78 is 26.3. The van der Waals surface area contributed by atoms with E-state index in [1.54, 1.807) is 0 Å². The summed E-state index contributed by atoms with van der Waals surface area (Å²) in [5.41, 5.74) is 0.686. The molecule has 20 heavy (non-hydrogen) atoms. The number of carbonyl (C=O) groups is 1. The molecule has 0 amide bonds. The highest BCUT2D eigenvalue weighted by Gasteiger charge is 2.12. The quantitative estimate of drug-likeness (QED) is 0.855. The summed E-state index contributed by atoms with van der Waals surface area (Å²) in [5, 5.41) is 10.7. The molecule has 2 N–H and O–H groups in total. The molecule has 0 saturated carbocycles. The number of carboxylic acids is 1. The van der Waals surface area contributed by atoms with Crippen LogP contribution in [0.15, 0.2) is 41.8 Å². The first-order chi connectivity index (χ1) is 9.46. The van der Waals surface area contributed by atoms with E-state index in [4.69, 9.17) is 5.11 Å². The van der Waals surface area contributed by atoms with Crippen LogP contribution < -0.4 is 4.72 Å². The van der Waals surface area contributed by atoms with Crippen LogP contribution >= 0.6 is 11.3 Å². The lowest BCUT2D eigenvalue weighted by atomic mass is 10.1. The van der Waals surface area contributed by atoms with Gasteiger partial charge < -0.3 is 5.11 Å². The van der Waals surface area contributed by atoms with Gasteiger partial charge in [0.25, 0.3) is 0 Å². The number of carboxylic acid groups (broad SMARTS) is 1. The van der Waals surface area contributed by atoms with Crippen molar-refractivity contribution in [2.24, 2.45) is 0 Å². The summed E-state index contributed by atoms with van der Waals surface area (Å²) in [6.07, 6.45) is 0. The van der Waals surface area contributed by atoms with E-state index in [9.17, 15) is 13.2 Å². The predicted molar refractivity (Wildman–Crippen MR) is 77.2 cm³/mol. The third kappa shape index (κ3) is 4.16. The van der Waals surface area contributed by atoms with E-state index in [0.717, 1.165) is 4.88 Å². The summed E-state index contributed by atoms with van der Waals surface area (Å²) in [6, 6.07) is 9.52. The number of benzene rings is 1. The molecule has 1 heterocycles. The normalized spacial score (nSPS) is 11.4. The average molecular weight is 311 g/mol. The van der Waals surface area contributed by atoms with Gasteiger partial charge in [-0.15, -0.1) is 11.3 Å². The van der Waals surface area contributed by atoms with E-state index < -0.39 is 16.0 Å². The van der Waals surface area contributed by atoms with Gasteiger partial charge in [-0.2, -0.15) is 0 Å². The molecule has 0 aliphatic heterocycles. The minimum absolute atomic E-state index is 0.137. The van der Waals surface area contributed by atoms with Crippen LogP contribution in [0.3, 0.4) is 0 Å². The predicted octanol–water partition coefficient (Wildman–Crippen LogP) is 2.07. The van der Waals surface area contributed by atoms with Gasteiger partial charge in [0.05, 0.1) is 11.3 Å². The number of thiophene rings is 1. The molecule has 0 saturated heterocycles. The van der Waals surface area contributed by atoms with Crippen molar-refractivity contribution in [3.05, 3.63) is 57.8 Å². The second-order valence-corrected chi connectivity index (χ2v) is 7.00. The minimum atomic E-state index is -3.43. The number of sulfonamides is 1. The maximum atomic E-state index is 11.9. The number of hydrogen-bond donors (Lipinski definition) is 2. The van der Waals surface area contributed by atoms with Crippen LogP contribution in [0, 0.1) is 0 Å². The van der Waals surface area contributed by atoms with Gasteiger partial charge in [-0.3, -0.25) is 0 Å². The zero-order valence-electron chi connectivity index (χ0n) is 10.4. The molecule has 1 aromatic carbocycles. The fourth-order valence-corrected chi connectivity index (χ4v) is 3.45. The number of rotatable bonds is 6. The molecule has 0 spiro atoms. The van der Waals surface area contributed by atoms with Crippen molar-refractivity contribution in [3.63, 3.8) is 0 Å². The Morgan fingerprint density at radius 1 is 1.20 bits per heavy atom. The molecule has 2 aromatic rings. The van der Waals surface area contributed by atoms with Gasteiger partial charge in [0.1, 0.15) is 0 Å². The Morgan fingerprint density at radius 2 is 1.90 bits per heavy atom. The molecule has 0 unspecified atom stereocenters. The SMILES string of the molecule is O=C(O)c1ccc(CS(=O)(=O)NCc2cccs2)cc1. The van der Waals surface area contributed by atoms with Crippen LogP contribution in [0.2, 0.25) is 0 Å². The Hall–Kier alpha value is -1.70. The highest BCUT2D eigenvalue weighted by atomic mass is 32.2. The minimum Gasteiger partial charge on any atom is -0.478 e. The Morgan fingerprint density at radius 3 is 2.45 bits per heavy atom. The molecule has 0 aliphatic rings. The third-order valence-electron chi connectivity index (χ3n) is 2.60. The Labute approximate surface area is 120 Å². The van der Waals surface area contributed by atoms with Crippen molar-refractivity contribution in [3.8, 4) is 0 Å². The van der Waals surface area contributed by atoms with Crippen molar-refractivity contribution in [2.75, 3.05) is 0 Å². The summed E-state index contributed by atoms with van der Waals surface area (Å²) >= 11 is 1.48. The number of hydrogen-bond acceptors (Lipinski definition) is 4. The topological polar surface area (TPSA) is 83.5 Å². The summed E-state index contributed by atoms with van der Waals surface area (Å²) in [6.45, 7) is 0.271. The number of aromatic carboxylic acids is 1. The molecule has 5 nitrogen and oxygen atoms in total. The standard InChI is InChI=1S/C13H13NO4S2/c15-13(16)11-5-3-10(4-6-11)9-20(17,18)14-8-12-2-1-7-19-12/h1-7,14H,8-9H2,(H,15,16). The molecule has 1 aromatic heterocycles. The Bertz CT molecular complexity index is 676. The van der Waals surface area contributed by atoms with Gasteiger partial charge in [0.2, 0.25) is 10.0 Å². The first-order valence-corrected chi connectivity index (χ1v) is 8.31. The lowest BCUT2D eigenvalue weighted by molar-refractivity contribution is 0.0697. The van der Waals surface area contributed by atoms with Crippen molar-refractivity contribution in [1.82, 2.24) is 4.72 Å². The fraction of sp³-hybridized carbons (Fsp3) is 0.154. The highest BCUT2D eigenvalue weighted by molar-refractivity contribution is 7.88. The van der Waals surface area contributed by atoms with Crippen molar-refractivity contribution < 1.29 is 18.3 Å². The molecular weight excluding hydrogens is 298 g/mol. The average Bonchev–Trinajstić information content (AvgIpc) is 2.90. The zero-order valence-corrected chi connectivity index (χ0v) is 12.1. The first kappa shape index (κ1) is 14.7. The molecule has 0 bridgehead atoms. The molecule has 106 valence electrons. The van der Waals surface area contributed by atoms with Gasteiger partial charge in [-0.05, 0) is 29.1 Å². The zero-order chi connectivity index (χ0) is 14.6. The monoisotopic (exact) mass is 311 g/mol. The van der Waals surface area contributed by atoms with Crippen molar-refractivity contribution in [1.29, 1.82) is 0 Å². The maximum Gasteiger partial charge on any atom is 0.335 e. The summed E-state index contributed by atoms with van der Waals surface area (Å²) in [5.74, 6) is -1.20. The molecular formula is C13H13NO4S2. The van der Waals surface area contributed by atoms with Gasteiger partial charge in [-0.1, -0.05) is 18.2 Å². The van der Waals surface area contributed by atoms with Gasteiger partial charge in [-0.25, -0.2) is 17.9 Å². The van der Waals surface area contributed by atoms with Gasteiger partial charge >= 0.3 is 5.97 Å². The van der Waals surface area contributed by atoms with E-state index in [1.165, 1.54) is 35.6 Å². The Kier molecular flexibility index (Phi) is 4.53. The van der Waals surface area contributed by atoms with E-state index in [2.05, 4.69) is 4.72 Å². The van der Waals surface area contributed by atoms with Crippen molar-refractivity contribution >= 4 is 27.3 Å². The fourth-order valence-electron chi connectivity index (χ4n) is 1.61. The molecule has 0 aliphatic carbocycles. The molecule has 0 radical (unpaired) electrons. The largest absolute Gasteiger partial charge is 0.478 e. The van der Waals surface area contributed by atoms with Crippen LogP contribution in [0.1, 0.15) is 20.8 Å². The first-order valence-electron chi connectivity index (χ1n) is 5.78. The van der Waals surface area contributed by atoms with Crippen LogP contribution in [0.25, 0.3) is 0 Å². The molecule has 0 atom stereocenters. The van der Waals surface area contributed by atoms with Gasteiger partial charge in [0, 0.05) is 11.4 Å². The van der Waals surface area contributed by atoms with Crippen LogP contribution in [-0.2, 0) is 22.3 Å². The molecule has 0 fully saturated rings. The van der Waals surface area contributed by atoms with E-state index in [1.807, 2.05) is 17.5 Å². The Balaban J connectivity index is 1.98. The lowest BCUT2D eigenvalue weighted by Crippen LogP contribution is -2.24. The molecule has 2 rings (SSSR count). The van der Waals surface area contributed by atoms with Crippen LogP contribution in [0.4, 0.5) is 0 Å². The summed E-state index contributed by atoms with van der Waals surface area (Å²) in [7, 11) is -3.43. The van der Waals surface area contributed by atoms with E-state index in [0.29, 0.717) is 5.56 Å². The van der Waals surface area contributed by atoms with E-state index in [-0.39, 0.29) is 17.9 Å². The summed E-state index contributed by atoms with van der Waals surface area (Å²) in [4.78, 5) is 11.6. The van der Waals surface area contributed by atoms with E-state index >= 15 is 0 Å². The second kappa shape index (κ2) is 6.17. The lowest BCUT2D eigenvalue weighted by Gasteiger charge is -2.06. The van der Waals surface area contributed by atoms with Crippen molar-refractivity contribution in [2.45, 2.75) is 12.3 Å². The third-order valence-corrected chi connectivity index (χ3v) is 4.78. The number of nitrogens with one attached hydrogen (secondary N) is 1. The van der Waals surface area contributed by atoms with Gasteiger partial charge in [0.15, 0.2) is 0 Å².